The molecule has 0 saturated heterocycles. The molecule has 2 heterocycles. The highest BCUT2D eigenvalue weighted by molar-refractivity contribution is 6.05. The molecule has 2 spiro atoms. The minimum Gasteiger partial charge on any atom is -0.507 e. The van der Waals surface area contributed by atoms with Gasteiger partial charge < -0.3 is 29.9 Å². The lowest BCUT2D eigenvalue weighted by Crippen LogP contribution is -2.66. The summed E-state index contributed by atoms with van der Waals surface area (Å²) < 4.78 is 18.5. The summed E-state index contributed by atoms with van der Waals surface area (Å²) >= 11 is 0. The number of aromatic hydroxyl groups is 1. The number of hydrogen-bond donors (Lipinski definition) is 4. The van der Waals surface area contributed by atoms with Crippen LogP contribution in [0.1, 0.15) is 46.0 Å². The minimum absolute atomic E-state index is 0.0584. The Morgan fingerprint density at radius 2 is 1.79 bits per heavy atom. The third kappa shape index (κ3) is 1.64. The second kappa shape index (κ2) is 4.84. The van der Waals surface area contributed by atoms with E-state index in [1.807, 2.05) is 0 Å². The number of aliphatic hydroxyl groups is 3. The fraction of sp³-hybridized carbons (Fsp3) is 0.350. The van der Waals surface area contributed by atoms with E-state index in [1.165, 1.54) is 12.1 Å². The molecule has 4 N–H and O–H groups in total. The number of hydrogen-bond acceptors (Lipinski definition) is 8. The van der Waals surface area contributed by atoms with Gasteiger partial charge in [-0.05, 0) is 30.2 Å². The van der Waals surface area contributed by atoms with Gasteiger partial charge >= 0.3 is 0 Å². The first-order valence-corrected chi connectivity index (χ1v) is 9.04. The van der Waals surface area contributed by atoms with Crippen molar-refractivity contribution in [1.82, 2.24) is 0 Å². The number of benzene rings is 2. The van der Waals surface area contributed by atoms with Crippen LogP contribution in [0.5, 0.6) is 17.2 Å². The maximum atomic E-state index is 12.6. The highest BCUT2D eigenvalue weighted by atomic mass is 16.8. The van der Waals surface area contributed by atoms with E-state index in [1.54, 1.807) is 18.2 Å². The summed E-state index contributed by atoms with van der Waals surface area (Å²) in [7, 11) is 0. The van der Waals surface area contributed by atoms with Crippen molar-refractivity contribution in [2.45, 2.75) is 42.7 Å². The van der Waals surface area contributed by atoms with Gasteiger partial charge in [-0.2, -0.15) is 0 Å². The van der Waals surface area contributed by atoms with Crippen LogP contribution in [0.2, 0.25) is 0 Å². The number of ketones is 1. The van der Waals surface area contributed by atoms with Gasteiger partial charge in [-0.15, -0.1) is 0 Å². The van der Waals surface area contributed by atoms with E-state index in [0.29, 0.717) is 23.3 Å². The molecule has 5 atom stereocenters. The topological polar surface area (TPSA) is 126 Å². The fourth-order valence-electron chi connectivity index (χ4n) is 4.88. The predicted octanol–water partition coefficient (Wildman–Crippen LogP) is 0.945. The summed E-state index contributed by atoms with van der Waals surface area (Å²) in [6.07, 6.45) is -3.68. The van der Waals surface area contributed by atoms with Crippen LogP contribution in [0.3, 0.4) is 0 Å². The van der Waals surface area contributed by atoms with Crippen LogP contribution in [0.25, 0.3) is 0 Å². The van der Waals surface area contributed by atoms with Gasteiger partial charge in [0.25, 0.3) is 5.79 Å². The van der Waals surface area contributed by atoms with Crippen molar-refractivity contribution in [3.05, 3.63) is 52.6 Å². The average Bonchev–Trinajstić information content (AvgIpc) is 2.69. The van der Waals surface area contributed by atoms with Crippen molar-refractivity contribution in [2.75, 3.05) is 0 Å². The molecule has 2 aliphatic carbocycles. The molecule has 2 aromatic rings. The van der Waals surface area contributed by atoms with Gasteiger partial charge in [0.1, 0.15) is 23.4 Å². The number of Topliss-reactive ketones (excluding diaryl/α,β-unsaturated/α-hetero) is 1. The Hall–Kier alpha value is -2.65. The lowest BCUT2D eigenvalue weighted by Gasteiger charge is -2.57. The second-order valence-electron chi connectivity index (χ2n) is 7.59. The van der Waals surface area contributed by atoms with E-state index in [0.717, 1.165) is 0 Å². The summed E-state index contributed by atoms with van der Waals surface area (Å²) in [6.45, 7) is 0. The predicted molar refractivity (Wildman–Crippen MR) is 90.8 cm³/mol. The normalized spacial score (nSPS) is 36.7. The molecule has 144 valence electrons. The summed E-state index contributed by atoms with van der Waals surface area (Å²) in [6, 6.07) is 7.89. The third-order valence-electron chi connectivity index (χ3n) is 6.10. The average molecular weight is 384 g/mol. The molecule has 0 saturated carbocycles. The number of aliphatic hydroxyl groups excluding tert-OH is 3. The van der Waals surface area contributed by atoms with E-state index in [-0.39, 0.29) is 29.0 Å². The zero-order chi connectivity index (χ0) is 19.4. The van der Waals surface area contributed by atoms with Crippen LogP contribution in [0.15, 0.2) is 30.3 Å². The van der Waals surface area contributed by atoms with Crippen LogP contribution in [-0.2, 0) is 16.3 Å². The molecule has 0 amide bonds. The monoisotopic (exact) mass is 384 g/mol. The number of phenols is 1. The van der Waals surface area contributed by atoms with Crippen LogP contribution in [0.4, 0.5) is 0 Å². The molecule has 2 aliphatic heterocycles. The molecular weight excluding hydrogens is 368 g/mol. The molecule has 0 unspecified atom stereocenters. The Labute approximate surface area is 158 Å². The van der Waals surface area contributed by atoms with Crippen molar-refractivity contribution in [2.24, 2.45) is 0 Å². The van der Waals surface area contributed by atoms with E-state index in [2.05, 4.69) is 0 Å². The maximum absolute atomic E-state index is 12.6. The van der Waals surface area contributed by atoms with Gasteiger partial charge in [-0.25, -0.2) is 0 Å². The third-order valence-corrected chi connectivity index (χ3v) is 6.10. The fourth-order valence-corrected chi connectivity index (χ4v) is 4.88. The first-order chi connectivity index (χ1) is 13.4. The quantitative estimate of drug-likeness (QED) is 0.529. The van der Waals surface area contributed by atoms with Crippen molar-refractivity contribution in [3.8, 4) is 17.2 Å². The van der Waals surface area contributed by atoms with Crippen molar-refractivity contribution in [3.63, 3.8) is 0 Å². The Balaban J connectivity index is 1.71. The Bertz CT molecular complexity index is 1060. The number of carbonyl (C=O) groups excluding carboxylic acids is 1. The van der Waals surface area contributed by atoms with Crippen LogP contribution in [-0.4, -0.2) is 38.4 Å². The van der Waals surface area contributed by atoms with E-state index < -0.39 is 35.7 Å². The van der Waals surface area contributed by atoms with E-state index in [9.17, 15) is 25.2 Å². The van der Waals surface area contributed by atoms with E-state index in [4.69, 9.17) is 14.2 Å². The molecule has 0 radical (unpaired) electrons. The van der Waals surface area contributed by atoms with Gasteiger partial charge in [0, 0.05) is 6.42 Å². The van der Waals surface area contributed by atoms with Crippen LogP contribution >= 0.6 is 0 Å². The smallest absolute Gasteiger partial charge is 0.274 e. The zero-order valence-electron chi connectivity index (χ0n) is 14.5. The summed E-state index contributed by atoms with van der Waals surface area (Å²) in [5.74, 6) is -3.94. The molecule has 8 heteroatoms. The summed E-state index contributed by atoms with van der Waals surface area (Å²) in [5.41, 5.74) is 0.991. The Kier molecular flexibility index (Phi) is 2.82. The molecule has 8 nitrogen and oxygen atoms in total. The highest BCUT2D eigenvalue weighted by Gasteiger charge is 2.68. The molecule has 4 aliphatic rings. The first kappa shape index (κ1) is 16.3. The summed E-state index contributed by atoms with van der Waals surface area (Å²) in [5, 5.41) is 42.0. The van der Waals surface area contributed by atoms with Gasteiger partial charge in [-0.3, -0.25) is 9.53 Å². The van der Waals surface area contributed by atoms with E-state index >= 15 is 0 Å². The number of phenolic OH excluding ortho intramolecular Hbond substituents is 1. The molecule has 28 heavy (non-hydrogen) atoms. The lowest BCUT2D eigenvalue weighted by molar-refractivity contribution is -0.394. The SMILES string of the molecule is O=C1c2c(O)ccc3c2[C@@]2(Oc4cccc5c4[C@](CC[C@@H]5O)(O3)O2)[C@H](O)[C@H]1O. The van der Waals surface area contributed by atoms with Crippen molar-refractivity contribution in [1.29, 1.82) is 0 Å². The lowest BCUT2D eigenvalue weighted by atomic mass is 9.76. The number of carbonyl (C=O) groups is 1. The largest absolute Gasteiger partial charge is 0.507 e. The molecule has 2 aromatic carbocycles. The molecular formula is C20H16O8. The number of ether oxygens (including phenoxy) is 3. The first-order valence-electron chi connectivity index (χ1n) is 9.04. The minimum atomic E-state index is -1.93. The number of rotatable bonds is 0. The van der Waals surface area contributed by atoms with Gasteiger partial charge in [-0.1, -0.05) is 12.1 Å². The van der Waals surface area contributed by atoms with Gasteiger partial charge in [0.15, 0.2) is 11.9 Å². The molecule has 6 rings (SSSR count). The standard InChI is InChI=1S/C20H16O8/c21-9-6-7-19-14-8(9)2-1-3-11(14)27-20(28-19)15-12(26-19)5-4-10(22)13(15)16(23)17(24)18(20)25/h1-5,9,17-18,21-22,24-25H,6-7H2/t9-,17-,18+,19+,20-/m0/s1. The van der Waals surface area contributed by atoms with Gasteiger partial charge in [0.05, 0.1) is 22.8 Å². The summed E-state index contributed by atoms with van der Waals surface area (Å²) in [4.78, 5) is 12.6. The maximum Gasteiger partial charge on any atom is 0.274 e. The van der Waals surface area contributed by atoms with Crippen molar-refractivity contribution >= 4 is 5.78 Å². The van der Waals surface area contributed by atoms with Crippen LogP contribution in [0, 0.1) is 0 Å². The van der Waals surface area contributed by atoms with Gasteiger partial charge in [0.2, 0.25) is 5.79 Å². The second-order valence-corrected chi connectivity index (χ2v) is 7.59. The highest BCUT2D eigenvalue weighted by Crippen LogP contribution is 2.62. The zero-order valence-corrected chi connectivity index (χ0v) is 14.5. The van der Waals surface area contributed by atoms with Crippen molar-refractivity contribution < 1.29 is 39.4 Å². The molecule has 0 fully saturated rings. The Morgan fingerprint density at radius 1 is 1.00 bits per heavy atom. The molecule has 2 bridgehead atoms. The van der Waals surface area contributed by atoms with Crippen LogP contribution < -0.4 is 9.47 Å². The molecule has 0 aromatic heterocycles. The Morgan fingerprint density at radius 3 is 2.61 bits per heavy atom.